The predicted octanol–water partition coefficient (Wildman–Crippen LogP) is 4.62. The van der Waals surface area contributed by atoms with Crippen molar-refractivity contribution in [1.82, 2.24) is 0 Å². The third-order valence-electron chi connectivity index (χ3n) is 5.69. The molecule has 11 nitrogen and oxygen atoms in total. The van der Waals surface area contributed by atoms with Crippen molar-refractivity contribution < 1.29 is 28.8 Å². The van der Waals surface area contributed by atoms with Crippen LogP contribution < -0.4 is 25.0 Å². The monoisotopic (exact) mass is 550 g/mol. The van der Waals surface area contributed by atoms with E-state index in [1.165, 1.54) is 25.3 Å². The van der Waals surface area contributed by atoms with Crippen molar-refractivity contribution in [3.8, 4) is 11.5 Å². The summed E-state index contributed by atoms with van der Waals surface area (Å²) in [7, 11) is 1.39. The Hall–Kier alpha value is -4.90. The summed E-state index contributed by atoms with van der Waals surface area (Å²) in [5, 5.41) is 16.3. The number of amides is 3. The molecular formula is C27H23ClN4O7. The van der Waals surface area contributed by atoms with E-state index in [1.807, 2.05) is 6.92 Å². The van der Waals surface area contributed by atoms with E-state index < -0.39 is 22.6 Å². The normalized spacial score (nSPS) is 12.9. The van der Waals surface area contributed by atoms with Gasteiger partial charge in [0.2, 0.25) is 5.91 Å². The maximum Gasteiger partial charge on any atom is 0.283 e. The second-order valence-electron chi connectivity index (χ2n) is 8.25. The van der Waals surface area contributed by atoms with E-state index in [0.717, 1.165) is 4.90 Å². The number of nitrogens with zero attached hydrogens (tertiary/aromatic N) is 2. The van der Waals surface area contributed by atoms with Gasteiger partial charge in [-0.3, -0.25) is 24.5 Å². The van der Waals surface area contributed by atoms with Crippen molar-refractivity contribution >= 4 is 52.1 Å². The number of nitro benzene ring substituents is 1. The Labute approximate surface area is 228 Å². The first-order valence-electron chi connectivity index (χ1n) is 11.7. The van der Waals surface area contributed by atoms with Gasteiger partial charge >= 0.3 is 0 Å². The maximum atomic E-state index is 13.0. The van der Waals surface area contributed by atoms with E-state index in [0.29, 0.717) is 29.3 Å². The van der Waals surface area contributed by atoms with Crippen LogP contribution in [0.25, 0.3) is 0 Å². The van der Waals surface area contributed by atoms with Crippen molar-refractivity contribution in [1.29, 1.82) is 0 Å². The third-order valence-corrected chi connectivity index (χ3v) is 6.04. The molecule has 0 radical (unpaired) electrons. The van der Waals surface area contributed by atoms with E-state index in [9.17, 15) is 24.5 Å². The number of carbonyl (C=O) groups is 3. The standard InChI is InChI=1S/C27H23ClN4O7/c1-3-39-20-11-8-18(9-12-20)31-26(34)24(28)25(27(31)35)29-17-6-4-16(5-7-17)14-23(33)30-21-15-19(32(36)37)10-13-22(21)38-2/h4-13,15,29H,3,14H2,1-2H3,(H,30,33). The van der Waals surface area contributed by atoms with Gasteiger partial charge in [0.25, 0.3) is 17.5 Å². The molecule has 0 aromatic heterocycles. The van der Waals surface area contributed by atoms with Crippen LogP contribution in [0.4, 0.5) is 22.7 Å². The highest BCUT2D eigenvalue weighted by Crippen LogP contribution is 2.32. The highest BCUT2D eigenvalue weighted by molar-refractivity contribution is 6.53. The van der Waals surface area contributed by atoms with Crippen molar-refractivity contribution in [2.45, 2.75) is 13.3 Å². The minimum Gasteiger partial charge on any atom is -0.495 e. The summed E-state index contributed by atoms with van der Waals surface area (Å²) < 4.78 is 10.6. The quantitative estimate of drug-likeness (QED) is 0.212. The Bertz CT molecular complexity index is 1470. The summed E-state index contributed by atoms with van der Waals surface area (Å²) in [5.41, 5.74) is 1.38. The zero-order valence-electron chi connectivity index (χ0n) is 20.9. The second kappa shape index (κ2) is 11.7. The van der Waals surface area contributed by atoms with Crippen molar-refractivity contribution in [3.05, 3.63) is 93.1 Å². The molecule has 0 spiro atoms. The van der Waals surface area contributed by atoms with E-state index in [1.54, 1.807) is 48.5 Å². The number of imide groups is 1. The highest BCUT2D eigenvalue weighted by atomic mass is 35.5. The smallest absolute Gasteiger partial charge is 0.283 e. The zero-order valence-corrected chi connectivity index (χ0v) is 21.7. The van der Waals surface area contributed by atoms with Gasteiger partial charge in [0.1, 0.15) is 22.2 Å². The average Bonchev–Trinajstić information content (AvgIpc) is 3.13. The molecule has 0 saturated heterocycles. The first kappa shape index (κ1) is 27.1. The highest BCUT2D eigenvalue weighted by Gasteiger charge is 2.39. The largest absolute Gasteiger partial charge is 0.495 e. The summed E-state index contributed by atoms with van der Waals surface area (Å²) >= 11 is 6.21. The van der Waals surface area contributed by atoms with Gasteiger partial charge in [0.15, 0.2) is 0 Å². The number of hydrogen-bond acceptors (Lipinski definition) is 8. The molecule has 1 aliphatic heterocycles. The molecule has 0 atom stereocenters. The fourth-order valence-electron chi connectivity index (χ4n) is 3.84. The lowest BCUT2D eigenvalue weighted by Gasteiger charge is -2.15. The number of halogens is 1. The molecule has 0 saturated carbocycles. The number of hydrogen-bond donors (Lipinski definition) is 2. The number of benzene rings is 3. The SMILES string of the molecule is CCOc1ccc(N2C(=O)C(Cl)=C(Nc3ccc(CC(=O)Nc4cc([N+](=O)[O-])ccc4OC)cc3)C2=O)cc1. The molecule has 4 rings (SSSR count). The second-order valence-corrected chi connectivity index (χ2v) is 8.63. The van der Waals surface area contributed by atoms with Crippen molar-refractivity contribution in [2.24, 2.45) is 0 Å². The lowest BCUT2D eigenvalue weighted by atomic mass is 10.1. The van der Waals surface area contributed by atoms with Crippen LogP contribution in [0, 0.1) is 10.1 Å². The van der Waals surface area contributed by atoms with Crippen LogP contribution in [0.3, 0.4) is 0 Å². The molecule has 0 fully saturated rings. The molecule has 3 amide bonds. The molecule has 0 bridgehead atoms. The molecular weight excluding hydrogens is 528 g/mol. The summed E-state index contributed by atoms with van der Waals surface area (Å²) in [5.74, 6) is -0.783. The predicted molar refractivity (Wildman–Crippen MR) is 145 cm³/mol. The van der Waals surface area contributed by atoms with Crippen LogP contribution in [0.1, 0.15) is 12.5 Å². The number of nitrogens with one attached hydrogen (secondary N) is 2. The van der Waals surface area contributed by atoms with Gasteiger partial charge in [-0.2, -0.15) is 0 Å². The van der Waals surface area contributed by atoms with Gasteiger partial charge < -0.3 is 20.1 Å². The summed E-state index contributed by atoms with van der Waals surface area (Å²) in [6, 6.07) is 17.0. The van der Waals surface area contributed by atoms with Crippen LogP contribution in [-0.4, -0.2) is 36.4 Å². The minimum atomic E-state index is -0.654. The number of nitro groups is 1. The zero-order chi connectivity index (χ0) is 28.1. The molecule has 3 aromatic rings. The van der Waals surface area contributed by atoms with Gasteiger partial charge in [-0.05, 0) is 55.0 Å². The van der Waals surface area contributed by atoms with Gasteiger partial charge in [0, 0.05) is 17.8 Å². The molecule has 3 aromatic carbocycles. The number of non-ortho nitro benzene ring substituents is 1. The first-order valence-corrected chi connectivity index (χ1v) is 12.1. The Kier molecular flexibility index (Phi) is 8.11. The summed E-state index contributed by atoms with van der Waals surface area (Å²) in [6.07, 6.45) is -0.0293. The van der Waals surface area contributed by atoms with Gasteiger partial charge in [-0.15, -0.1) is 0 Å². The Morgan fingerprint density at radius 2 is 1.72 bits per heavy atom. The molecule has 0 aliphatic carbocycles. The van der Waals surface area contributed by atoms with Crippen LogP contribution >= 0.6 is 11.6 Å². The Balaban J connectivity index is 1.41. The molecule has 39 heavy (non-hydrogen) atoms. The van der Waals surface area contributed by atoms with E-state index in [2.05, 4.69) is 10.6 Å². The van der Waals surface area contributed by atoms with Crippen LogP contribution in [0.5, 0.6) is 11.5 Å². The van der Waals surface area contributed by atoms with Crippen LogP contribution in [0.15, 0.2) is 77.5 Å². The summed E-state index contributed by atoms with van der Waals surface area (Å²) in [6.45, 7) is 2.33. The topological polar surface area (TPSA) is 140 Å². The molecule has 1 aliphatic rings. The molecule has 2 N–H and O–H groups in total. The lowest BCUT2D eigenvalue weighted by molar-refractivity contribution is -0.384. The third kappa shape index (κ3) is 5.99. The molecule has 12 heteroatoms. The van der Waals surface area contributed by atoms with Gasteiger partial charge in [-0.25, -0.2) is 4.90 Å². The van der Waals surface area contributed by atoms with Crippen molar-refractivity contribution in [2.75, 3.05) is 29.3 Å². The fraction of sp³-hybridized carbons (Fsp3) is 0.148. The minimum absolute atomic E-state index is 0.0293. The molecule has 1 heterocycles. The van der Waals surface area contributed by atoms with Gasteiger partial charge in [0.05, 0.1) is 36.4 Å². The van der Waals surface area contributed by atoms with Crippen molar-refractivity contribution in [3.63, 3.8) is 0 Å². The first-order chi connectivity index (χ1) is 18.7. The van der Waals surface area contributed by atoms with E-state index in [4.69, 9.17) is 21.1 Å². The van der Waals surface area contributed by atoms with E-state index in [-0.39, 0.29) is 34.3 Å². The van der Waals surface area contributed by atoms with Crippen LogP contribution in [-0.2, 0) is 20.8 Å². The fourth-order valence-corrected chi connectivity index (χ4v) is 4.05. The number of carbonyl (C=O) groups excluding carboxylic acids is 3. The number of methoxy groups -OCH3 is 1. The van der Waals surface area contributed by atoms with Crippen LogP contribution in [0.2, 0.25) is 0 Å². The number of anilines is 3. The maximum absolute atomic E-state index is 13.0. The molecule has 200 valence electrons. The summed E-state index contributed by atoms with van der Waals surface area (Å²) in [4.78, 5) is 49.8. The van der Waals surface area contributed by atoms with E-state index >= 15 is 0 Å². The lowest BCUT2D eigenvalue weighted by Crippen LogP contribution is -2.32. The number of ether oxygens (including phenoxy) is 2. The Morgan fingerprint density at radius 3 is 2.33 bits per heavy atom. The van der Waals surface area contributed by atoms with Gasteiger partial charge in [-0.1, -0.05) is 23.7 Å². The number of rotatable bonds is 10. The average molecular weight is 551 g/mol. The Morgan fingerprint density at radius 1 is 1.03 bits per heavy atom. The molecule has 0 unspecified atom stereocenters.